The molecule has 0 aromatic carbocycles. The number of hydrogen-bond acceptors (Lipinski definition) is 0. The van der Waals surface area contributed by atoms with E-state index in [0.29, 0.717) is 0 Å². The molecule has 0 heterocycles. The first-order valence-electron chi connectivity index (χ1n) is 2.67. The molecule has 0 unspecified atom stereocenters. The van der Waals surface area contributed by atoms with Gasteiger partial charge in [-0.3, -0.25) is 0 Å². The van der Waals surface area contributed by atoms with Gasteiger partial charge in [-0.15, -0.1) is 11.8 Å². The quantitative estimate of drug-likeness (QED) is 0.402. The summed E-state index contributed by atoms with van der Waals surface area (Å²) in [7, 11) is 0. The molecule has 0 saturated heterocycles. The van der Waals surface area contributed by atoms with Crippen molar-refractivity contribution in [1.82, 2.24) is 0 Å². The smallest absolute Gasteiger partial charge is 0.449 e. The highest BCUT2D eigenvalue weighted by Gasteiger charge is 2.20. The molecule has 0 bridgehead atoms. The van der Waals surface area contributed by atoms with Crippen molar-refractivity contribution in [2.75, 3.05) is 0 Å². The van der Waals surface area contributed by atoms with Gasteiger partial charge in [0.1, 0.15) is 0 Å². The average molecular weight is 135 g/mol. The molecule has 0 spiro atoms. The molecule has 0 N–H and O–H groups in total. The van der Waals surface area contributed by atoms with Crippen molar-refractivity contribution >= 4 is 6.98 Å². The maximum absolute atomic E-state index is 11.4. The van der Waals surface area contributed by atoms with Crippen molar-refractivity contribution in [3.8, 4) is 11.8 Å². The van der Waals surface area contributed by atoms with Gasteiger partial charge in [0, 0.05) is 0 Å². The van der Waals surface area contributed by atoms with Gasteiger partial charge in [-0.1, -0.05) is 6.32 Å². The Bertz CT molecular complexity index is 127. The van der Waals surface area contributed by atoms with Gasteiger partial charge in [0.15, 0.2) is 0 Å². The van der Waals surface area contributed by atoms with Gasteiger partial charge in [0.2, 0.25) is 0 Å². The van der Waals surface area contributed by atoms with E-state index in [2.05, 4.69) is 11.8 Å². The van der Waals surface area contributed by atoms with Gasteiger partial charge in [0.25, 0.3) is 0 Å². The van der Waals surface area contributed by atoms with E-state index in [4.69, 9.17) is 0 Å². The summed E-state index contributed by atoms with van der Waals surface area (Å²) in [5.41, 5.74) is 0. The Morgan fingerprint density at radius 1 is 1.33 bits per heavy atom. The van der Waals surface area contributed by atoms with E-state index in [-0.39, 0.29) is 6.42 Å². The molecule has 0 aliphatic carbocycles. The third-order valence-electron chi connectivity index (χ3n) is 0.773. The van der Waals surface area contributed by atoms with E-state index >= 15 is 0 Å². The maximum Gasteiger partial charge on any atom is 0.479 e. The molecule has 9 heavy (non-hydrogen) atoms. The van der Waals surface area contributed by atoms with Crippen molar-refractivity contribution < 1.29 is 12.9 Å². The minimum Gasteiger partial charge on any atom is -0.449 e. The first-order valence-corrected chi connectivity index (χ1v) is 2.67. The molecule has 0 nitrogen and oxygen atoms in total. The monoisotopic (exact) mass is 135 g/mol. The number of hydrogen-bond donors (Lipinski definition) is 0. The fourth-order valence-corrected chi connectivity index (χ4v) is 0.361. The molecule has 0 amide bonds. The zero-order valence-electron chi connectivity index (χ0n) is 5.13. The van der Waals surface area contributed by atoms with E-state index < -0.39 is 13.3 Å². The van der Waals surface area contributed by atoms with Crippen LogP contribution in [-0.2, 0) is 0 Å². The van der Waals surface area contributed by atoms with E-state index in [1.54, 1.807) is 0 Å². The van der Waals surface area contributed by atoms with Crippen molar-refractivity contribution in [2.24, 2.45) is 0 Å². The Hall–Kier alpha value is -0.585. The predicted molar refractivity (Wildman–Crippen MR) is 32.0 cm³/mol. The second kappa shape index (κ2) is 3.44. The summed E-state index contributed by atoms with van der Waals surface area (Å²) in [6, 6.07) is 0. The number of rotatable bonds is 2. The Kier molecular flexibility index (Phi) is 3.22. The molecule has 0 atom stereocenters. The molecule has 0 saturated carbocycles. The highest BCUT2D eigenvalue weighted by molar-refractivity contribution is 6.58. The van der Waals surface area contributed by atoms with Gasteiger partial charge < -0.3 is 12.9 Å². The van der Waals surface area contributed by atoms with Crippen LogP contribution in [-0.4, -0.2) is 6.98 Å². The Morgan fingerprint density at radius 3 is 2.22 bits per heavy atom. The van der Waals surface area contributed by atoms with Crippen molar-refractivity contribution in [3.05, 3.63) is 0 Å². The van der Waals surface area contributed by atoms with Crippen LogP contribution in [0.1, 0.15) is 13.3 Å². The first kappa shape index (κ1) is 8.41. The molecule has 0 aliphatic rings. The molecular weight excluding hydrogens is 128 g/mol. The second-order valence-electron chi connectivity index (χ2n) is 1.68. The molecule has 0 rings (SSSR count). The van der Waals surface area contributed by atoms with Gasteiger partial charge in [-0.05, 0) is 13.3 Å². The summed E-state index contributed by atoms with van der Waals surface area (Å²) in [4.78, 5) is 0. The Balaban J connectivity index is 3.36. The Labute approximate surface area is 52.5 Å². The zero-order valence-corrected chi connectivity index (χ0v) is 5.13. The van der Waals surface area contributed by atoms with Gasteiger partial charge >= 0.3 is 6.98 Å². The molecule has 0 fully saturated rings. The largest absolute Gasteiger partial charge is 0.479 e. The van der Waals surface area contributed by atoms with Crippen LogP contribution in [0.15, 0.2) is 0 Å². The molecule has 52 valence electrons. The molecule has 0 radical (unpaired) electrons. The fourth-order valence-electron chi connectivity index (χ4n) is 0.361. The van der Waals surface area contributed by atoms with E-state index in [0.717, 1.165) is 0 Å². The molecular formula is C5H7BF3-. The van der Waals surface area contributed by atoms with Crippen molar-refractivity contribution in [3.63, 3.8) is 0 Å². The van der Waals surface area contributed by atoms with Gasteiger partial charge in [0.05, 0.1) is 0 Å². The molecule has 0 aromatic heterocycles. The average Bonchev–Trinajstić information content (AvgIpc) is 1.63. The van der Waals surface area contributed by atoms with Crippen LogP contribution in [0.2, 0.25) is 6.32 Å². The van der Waals surface area contributed by atoms with E-state index in [1.807, 2.05) is 0 Å². The van der Waals surface area contributed by atoms with Crippen LogP contribution in [0.3, 0.4) is 0 Å². The summed E-state index contributed by atoms with van der Waals surface area (Å²) >= 11 is 0. The van der Waals surface area contributed by atoms with Gasteiger partial charge in [-0.2, -0.15) is 0 Å². The molecule has 0 aromatic rings. The van der Waals surface area contributed by atoms with Crippen molar-refractivity contribution in [1.29, 1.82) is 0 Å². The van der Waals surface area contributed by atoms with Crippen LogP contribution in [0, 0.1) is 11.8 Å². The lowest BCUT2D eigenvalue weighted by molar-refractivity contribution is 0.469. The lowest BCUT2D eigenvalue weighted by Crippen LogP contribution is -2.12. The molecule has 0 aliphatic heterocycles. The lowest BCUT2D eigenvalue weighted by Gasteiger charge is -2.09. The third kappa shape index (κ3) is 7.41. The van der Waals surface area contributed by atoms with Crippen LogP contribution in [0.25, 0.3) is 0 Å². The summed E-state index contributed by atoms with van der Waals surface area (Å²) in [5.74, 6) is 4.75. The fraction of sp³-hybridized carbons (Fsp3) is 0.600. The van der Waals surface area contributed by atoms with Crippen molar-refractivity contribution in [2.45, 2.75) is 19.7 Å². The highest BCUT2D eigenvalue weighted by Crippen LogP contribution is 2.15. The lowest BCUT2D eigenvalue weighted by atomic mass is 9.85. The minimum absolute atomic E-state index is 0.0556. The van der Waals surface area contributed by atoms with Crippen LogP contribution in [0.5, 0.6) is 0 Å². The maximum atomic E-state index is 11.4. The number of halogens is 3. The van der Waals surface area contributed by atoms with Crippen LogP contribution >= 0.6 is 0 Å². The van der Waals surface area contributed by atoms with Gasteiger partial charge in [-0.25, -0.2) is 0 Å². The summed E-state index contributed by atoms with van der Waals surface area (Å²) in [6.45, 7) is -3.08. The zero-order chi connectivity index (χ0) is 7.33. The summed E-state index contributed by atoms with van der Waals surface area (Å²) in [6.07, 6.45) is -0.791. The predicted octanol–water partition coefficient (Wildman–Crippen LogP) is 2.25. The summed E-state index contributed by atoms with van der Waals surface area (Å²) in [5, 5.41) is 0. The minimum atomic E-state index is -4.61. The first-order chi connectivity index (χ1) is 4.06. The van der Waals surface area contributed by atoms with Crippen LogP contribution < -0.4 is 0 Å². The topological polar surface area (TPSA) is 0 Å². The normalized spacial score (nSPS) is 10.2. The van der Waals surface area contributed by atoms with E-state index in [1.165, 1.54) is 6.92 Å². The van der Waals surface area contributed by atoms with Crippen LogP contribution in [0.4, 0.5) is 12.9 Å². The SMILES string of the molecule is CC#CCC[B-](F)(F)F. The second-order valence-corrected chi connectivity index (χ2v) is 1.68. The van der Waals surface area contributed by atoms with E-state index in [9.17, 15) is 12.9 Å². The third-order valence-corrected chi connectivity index (χ3v) is 0.773. The summed E-state index contributed by atoms with van der Waals surface area (Å²) < 4.78 is 34.1. The molecule has 4 heteroatoms. The standard InChI is InChI=1S/C5H7BF3/c1-2-3-4-5-6(7,8)9/h4-5H2,1H3/q-1. The highest BCUT2D eigenvalue weighted by atomic mass is 19.4. The Morgan fingerprint density at radius 2 is 1.89 bits per heavy atom.